The molecule has 0 atom stereocenters. The molecule has 7 heterocycles. The third kappa shape index (κ3) is 4.04. The van der Waals surface area contributed by atoms with Gasteiger partial charge in [0.1, 0.15) is 0 Å². The van der Waals surface area contributed by atoms with Crippen molar-refractivity contribution in [3.8, 4) is 0 Å². The number of azo groups is 2. The Morgan fingerprint density at radius 2 is 0.932 bits per heavy atom. The maximum absolute atomic E-state index is 5.02. The van der Waals surface area contributed by atoms with Crippen molar-refractivity contribution < 1.29 is 0 Å². The first-order valence-electron chi connectivity index (χ1n) is 14.4. The van der Waals surface area contributed by atoms with E-state index in [1.165, 1.54) is 0 Å². The molecule has 0 fully saturated rings. The number of hydrogen-bond donors (Lipinski definition) is 2. The van der Waals surface area contributed by atoms with E-state index in [-0.39, 0.29) is 0 Å². The number of nitrogens with zero attached hydrogens (tertiary/aromatic N) is 6. The molecule has 9 rings (SSSR count). The number of nitrogens with one attached hydrogen (secondary N) is 2. The Morgan fingerprint density at radius 3 is 1.41 bits per heavy atom. The molecule has 0 saturated heterocycles. The van der Waals surface area contributed by atoms with Gasteiger partial charge >= 0.3 is 0 Å². The molecule has 44 heavy (non-hydrogen) atoms. The lowest BCUT2D eigenvalue weighted by Crippen LogP contribution is -2.19. The lowest BCUT2D eigenvalue weighted by molar-refractivity contribution is 1.18. The van der Waals surface area contributed by atoms with Crippen LogP contribution in [0.15, 0.2) is 162 Å². The maximum atomic E-state index is 5.02. The summed E-state index contributed by atoms with van der Waals surface area (Å²) in [7, 11) is 0. The van der Waals surface area contributed by atoms with Crippen LogP contribution in [0.4, 0.5) is 0 Å². The largest absolute Gasteiger partial charge is 0.353 e. The molecule has 2 aromatic heterocycles. The number of allylic oxidation sites excluding steroid dienone is 4. The average Bonchev–Trinajstić information content (AvgIpc) is 3.89. The second kappa shape index (κ2) is 9.71. The molecule has 0 saturated carbocycles. The number of H-pyrrole nitrogens is 2. The third-order valence-electron chi connectivity index (χ3n) is 8.14. The number of aromatic nitrogens is 2. The standard InChI is InChI=1S/C36H23N8/c1-3-7-21(8-4-1)35-27-15-11-23(37-27)31-19-33(43-41-31)25-13-17-29(39-25)36(22-9-5-2-6-10-22)30-18-14-26(40-30)34-20-32(42-44-34)24-12-16-28(35)38-24/h1-19,38,40H,20H2/q+1. The molecule has 8 heteroatoms. The summed E-state index contributed by atoms with van der Waals surface area (Å²) in [5, 5.41) is 21.9. The van der Waals surface area contributed by atoms with Gasteiger partial charge in [-0.3, -0.25) is 0 Å². The quantitative estimate of drug-likeness (QED) is 0.330. The first-order valence-corrected chi connectivity index (χ1v) is 14.4. The van der Waals surface area contributed by atoms with Gasteiger partial charge in [-0.1, -0.05) is 60.7 Å². The van der Waals surface area contributed by atoms with Gasteiger partial charge in [0.25, 0.3) is 0 Å². The Hall–Kier alpha value is -6.15. The van der Waals surface area contributed by atoms with E-state index in [9.17, 15) is 0 Å². The topological polar surface area (TPSA) is 106 Å². The van der Waals surface area contributed by atoms with Crippen LogP contribution in [0.3, 0.4) is 0 Å². The van der Waals surface area contributed by atoms with E-state index >= 15 is 0 Å². The van der Waals surface area contributed by atoms with E-state index in [0.29, 0.717) is 17.8 Å². The molecule has 0 aliphatic carbocycles. The molecular weight excluding hydrogens is 544 g/mol. The molecule has 4 aromatic rings. The Kier molecular flexibility index (Phi) is 5.39. The highest BCUT2D eigenvalue weighted by molar-refractivity contribution is 6.31. The van der Waals surface area contributed by atoms with E-state index < -0.39 is 0 Å². The SMILES string of the molecule is C1=CC2=C3[CH+]C(=C4C=CC(=N4)C(c4ccccc4)=c4ccc([nH]4)=C4CC(=c5ccc([nH]5)=C(c5ccccc5)C1=N2)N=N4)N=N3. The summed E-state index contributed by atoms with van der Waals surface area (Å²) in [5.74, 6) is 0. The predicted molar refractivity (Wildman–Crippen MR) is 171 cm³/mol. The minimum atomic E-state index is 0.605. The van der Waals surface area contributed by atoms with Crippen molar-refractivity contribution in [3.05, 3.63) is 171 Å². The molecular formula is C36H23N8+. The zero-order valence-corrected chi connectivity index (χ0v) is 23.4. The minimum absolute atomic E-state index is 0.605. The fourth-order valence-corrected chi connectivity index (χ4v) is 5.99. The minimum Gasteiger partial charge on any atom is -0.353 e. The molecule has 0 radical (unpaired) electrons. The van der Waals surface area contributed by atoms with Gasteiger partial charge in [0, 0.05) is 40.4 Å². The van der Waals surface area contributed by atoms with Gasteiger partial charge in [-0.2, -0.15) is 20.2 Å². The molecule has 8 nitrogen and oxygen atoms in total. The molecule has 206 valence electrons. The molecule has 5 aliphatic rings. The summed E-state index contributed by atoms with van der Waals surface area (Å²) in [6.45, 7) is 0. The summed E-state index contributed by atoms with van der Waals surface area (Å²) in [6, 6.07) is 28.9. The Bertz CT molecular complexity index is 2240. The molecule has 2 N–H and O–H groups in total. The summed E-state index contributed by atoms with van der Waals surface area (Å²) >= 11 is 0. The highest BCUT2D eigenvalue weighted by Crippen LogP contribution is 2.33. The first-order chi connectivity index (χ1) is 21.8. The molecule has 0 unspecified atom stereocenters. The van der Waals surface area contributed by atoms with Crippen molar-refractivity contribution in [3.63, 3.8) is 0 Å². The number of aromatic amines is 2. The van der Waals surface area contributed by atoms with E-state index in [1.54, 1.807) is 0 Å². The summed E-state index contributed by atoms with van der Waals surface area (Å²) in [4.78, 5) is 17.3. The lowest BCUT2D eigenvalue weighted by Gasteiger charge is -2.05. The van der Waals surface area contributed by atoms with Gasteiger partial charge in [-0.05, 0) is 47.5 Å². The van der Waals surface area contributed by atoms with Crippen molar-refractivity contribution in [2.24, 2.45) is 30.4 Å². The van der Waals surface area contributed by atoms with Crippen LogP contribution in [-0.2, 0) is 0 Å². The Labute approximate surface area is 251 Å². The van der Waals surface area contributed by atoms with Gasteiger partial charge < -0.3 is 9.97 Å². The third-order valence-corrected chi connectivity index (χ3v) is 8.14. The summed E-state index contributed by atoms with van der Waals surface area (Å²) < 4.78 is 0. The van der Waals surface area contributed by atoms with Crippen LogP contribution in [0.1, 0.15) is 17.5 Å². The zero-order valence-electron chi connectivity index (χ0n) is 23.4. The summed E-state index contributed by atoms with van der Waals surface area (Å²) in [6.07, 6.45) is 10.6. The summed E-state index contributed by atoms with van der Waals surface area (Å²) in [5.41, 5.74) is 10.5. The van der Waals surface area contributed by atoms with Crippen molar-refractivity contribution in [1.29, 1.82) is 0 Å². The predicted octanol–water partition coefficient (Wildman–Crippen LogP) is 4.64. The normalized spacial score (nSPS) is 18.1. The maximum Gasteiger partial charge on any atom is 0.221 e. The van der Waals surface area contributed by atoms with Crippen molar-refractivity contribution in [1.82, 2.24) is 9.97 Å². The van der Waals surface area contributed by atoms with Crippen LogP contribution in [-0.4, -0.2) is 21.4 Å². The van der Waals surface area contributed by atoms with Crippen LogP contribution in [0.5, 0.6) is 0 Å². The van der Waals surface area contributed by atoms with Gasteiger partial charge in [0.15, 0.2) is 11.4 Å². The highest BCUT2D eigenvalue weighted by Gasteiger charge is 2.30. The van der Waals surface area contributed by atoms with E-state index in [2.05, 4.69) is 79.0 Å². The smallest absolute Gasteiger partial charge is 0.221 e. The number of benzene rings is 2. The van der Waals surface area contributed by atoms with Crippen molar-refractivity contribution in [2.45, 2.75) is 6.42 Å². The second-order valence-electron chi connectivity index (χ2n) is 10.9. The number of aliphatic imine (C=N–C) groups is 2. The number of rotatable bonds is 2. The molecule has 2 aromatic carbocycles. The fraction of sp³-hybridized carbons (Fsp3) is 0.0278. The van der Waals surface area contributed by atoms with Crippen LogP contribution < -0.4 is 21.4 Å². The Balaban J connectivity index is 1.32. The number of hydrogen-bond acceptors (Lipinski definition) is 6. The van der Waals surface area contributed by atoms with Crippen LogP contribution >= 0.6 is 0 Å². The van der Waals surface area contributed by atoms with E-state index in [1.807, 2.05) is 67.1 Å². The monoisotopic (exact) mass is 567 g/mol. The van der Waals surface area contributed by atoms with Crippen LogP contribution in [0, 0.1) is 6.42 Å². The molecule has 0 spiro atoms. The molecule has 12 bridgehead atoms. The number of fused-ring (bicyclic) bond motifs is 10. The fourth-order valence-electron chi connectivity index (χ4n) is 5.99. The highest BCUT2D eigenvalue weighted by atomic mass is 15.2. The second-order valence-corrected chi connectivity index (χ2v) is 10.9. The van der Waals surface area contributed by atoms with Gasteiger partial charge in [-0.25, -0.2) is 0 Å². The lowest BCUT2D eigenvalue weighted by atomic mass is 10.0. The Morgan fingerprint density at radius 1 is 0.477 bits per heavy atom. The van der Waals surface area contributed by atoms with Gasteiger partial charge in [0.05, 0.1) is 39.9 Å². The molecule has 0 amide bonds. The van der Waals surface area contributed by atoms with Crippen LogP contribution in [0.25, 0.3) is 22.5 Å². The first kappa shape index (κ1) is 24.4. The van der Waals surface area contributed by atoms with Crippen LogP contribution in [0.2, 0.25) is 0 Å². The van der Waals surface area contributed by atoms with Gasteiger partial charge in [0.2, 0.25) is 11.4 Å². The van der Waals surface area contributed by atoms with E-state index in [0.717, 1.165) is 77.9 Å². The average molecular weight is 568 g/mol. The van der Waals surface area contributed by atoms with E-state index in [4.69, 9.17) is 9.98 Å². The zero-order chi connectivity index (χ0) is 29.0. The molecule has 5 aliphatic heterocycles. The van der Waals surface area contributed by atoms with Gasteiger partial charge in [-0.15, -0.1) is 10.2 Å². The van der Waals surface area contributed by atoms with Crippen molar-refractivity contribution >= 4 is 34.0 Å². The van der Waals surface area contributed by atoms with Crippen molar-refractivity contribution in [2.75, 3.05) is 0 Å².